The molecule has 0 unspecified atom stereocenters. The Labute approximate surface area is 106 Å². The van der Waals surface area contributed by atoms with Gasteiger partial charge in [0, 0.05) is 6.07 Å². The highest BCUT2D eigenvalue weighted by atomic mass is 19.2. The second-order valence-electron chi connectivity index (χ2n) is 3.50. The zero-order chi connectivity index (χ0) is 14.0. The number of nitrogens with two attached hydrogens (primary N) is 1. The number of hydrogen-bond donors (Lipinski definition) is 2. The Hall–Kier alpha value is -2.51. The first-order chi connectivity index (χ1) is 9.01. The average Bonchev–Trinajstić information content (AvgIpc) is 2.39. The number of ether oxygens (including phenoxy) is 1. The van der Waals surface area contributed by atoms with Crippen molar-refractivity contribution in [2.45, 2.75) is 0 Å². The first kappa shape index (κ1) is 12.9. The maximum Gasteiger partial charge on any atom is 0.225 e. The number of anilines is 3. The van der Waals surface area contributed by atoms with Crippen LogP contribution in [0, 0.1) is 17.5 Å². The lowest BCUT2D eigenvalue weighted by Crippen LogP contribution is -2.04. The molecule has 100 valence electrons. The standard InChI is InChI=1S/C11H9F3N4O/c1-19-8-4-7(17-11(15)18-8)16-6-3-2-5(12)9(13)10(6)14/h2-4H,1H3,(H3,15,16,17,18). The molecule has 2 rings (SSSR count). The Kier molecular flexibility index (Phi) is 3.41. The SMILES string of the molecule is COc1cc(Nc2ccc(F)c(F)c2F)nc(N)n1. The van der Waals surface area contributed by atoms with E-state index in [2.05, 4.69) is 15.3 Å². The van der Waals surface area contributed by atoms with Gasteiger partial charge in [-0.15, -0.1) is 0 Å². The molecule has 19 heavy (non-hydrogen) atoms. The summed E-state index contributed by atoms with van der Waals surface area (Å²) >= 11 is 0. The number of nitrogens with one attached hydrogen (secondary N) is 1. The minimum atomic E-state index is -1.57. The van der Waals surface area contributed by atoms with Crippen molar-refractivity contribution in [3.8, 4) is 5.88 Å². The van der Waals surface area contributed by atoms with Gasteiger partial charge in [0.1, 0.15) is 5.82 Å². The number of hydrogen-bond acceptors (Lipinski definition) is 5. The number of nitrogens with zero attached hydrogens (tertiary/aromatic N) is 2. The fourth-order valence-corrected chi connectivity index (χ4v) is 1.37. The van der Waals surface area contributed by atoms with Gasteiger partial charge in [0.05, 0.1) is 12.8 Å². The Morgan fingerprint density at radius 1 is 1.16 bits per heavy atom. The van der Waals surface area contributed by atoms with Crippen LogP contribution in [0.1, 0.15) is 0 Å². The molecule has 0 saturated carbocycles. The Bertz CT molecular complexity index is 621. The number of nitrogen functional groups attached to an aromatic ring is 1. The smallest absolute Gasteiger partial charge is 0.225 e. The van der Waals surface area contributed by atoms with Crippen molar-refractivity contribution in [1.29, 1.82) is 0 Å². The maximum absolute atomic E-state index is 13.4. The lowest BCUT2D eigenvalue weighted by molar-refractivity contribution is 0.398. The van der Waals surface area contributed by atoms with Crippen molar-refractivity contribution in [2.75, 3.05) is 18.2 Å². The summed E-state index contributed by atoms with van der Waals surface area (Å²) in [7, 11) is 1.36. The van der Waals surface area contributed by atoms with Gasteiger partial charge in [0.25, 0.3) is 0 Å². The third kappa shape index (κ3) is 2.67. The molecule has 1 heterocycles. The van der Waals surface area contributed by atoms with Gasteiger partial charge in [-0.1, -0.05) is 0 Å². The molecule has 5 nitrogen and oxygen atoms in total. The van der Waals surface area contributed by atoms with E-state index in [1.54, 1.807) is 0 Å². The predicted molar refractivity (Wildman–Crippen MR) is 62.6 cm³/mol. The summed E-state index contributed by atoms with van der Waals surface area (Å²) < 4.78 is 44.1. The van der Waals surface area contributed by atoms with Gasteiger partial charge in [-0.3, -0.25) is 0 Å². The minimum Gasteiger partial charge on any atom is -0.481 e. The number of benzene rings is 1. The molecule has 1 aromatic heterocycles. The first-order valence-electron chi connectivity index (χ1n) is 5.10. The topological polar surface area (TPSA) is 73.1 Å². The number of rotatable bonds is 3. The number of aromatic nitrogens is 2. The summed E-state index contributed by atoms with van der Waals surface area (Å²) in [5, 5.41) is 2.46. The molecule has 8 heteroatoms. The first-order valence-corrected chi connectivity index (χ1v) is 5.10. The molecule has 0 radical (unpaired) electrons. The largest absolute Gasteiger partial charge is 0.481 e. The monoisotopic (exact) mass is 270 g/mol. The summed E-state index contributed by atoms with van der Waals surface area (Å²) in [5.74, 6) is -4.06. The molecule has 3 N–H and O–H groups in total. The maximum atomic E-state index is 13.4. The van der Waals surface area contributed by atoms with Gasteiger partial charge in [0.15, 0.2) is 17.5 Å². The van der Waals surface area contributed by atoms with Gasteiger partial charge in [-0.25, -0.2) is 13.2 Å². The average molecular weight is 270 g/mol. The van der Waals surface area contributed by atoms with Gasteiger partial charge in [-0.2, -0.15) is 9.97 Å². The van der Waals surface area contributed by atoms with Crippen LogP contribution in [0.3, 0.4) is 0 Å². The van der Waals surface area contributed by atoms with Crippen LogP contribution in [-0.2, 0) is 0 Å². The number of halogens is 3. The van der Waals surface area contributed by atoms with E-state index in [9.17, 15) is 13.2 Å². The van der Waals surface area contributed by atoms with E-state index < -0.39 is 17.5 Å². The third-order valence-corrected chi connectivity index (χ3v) is 2.23. The van der Waals surface area contributed by atoms with Crippen molar-refractivity contribution >= 4 is 17.5 Å². The zero-order valence-corrected chi connectivity index (χ0v) is 9.75. The second kappa shape index (κ2) is 5.01. The van der Waals surface area contributed by atoms with Crippen LogP contribution in [0.15, 0.2) is 18.2 Å². The van der Waals surface area contributed by atoms with Gasteiger partial charge >= 0.3 is 0 Å². The fraction of sp³-hybridized carbons (Fsp3) is 0.0909. The molecular formula is C11H9F3N4O. The van der Waals surface area contributed by atoms with E-state index in [1.807, 2.05) is 0 Å². The fourth-order valence-electron chi connectivity index (χ4n) is 1.37. The van der Waals surface area contributed by atoms with E-state index in [0.717, 1.165) is 12.1 Å². The van der Waals surface area contributed by atoms with E-state index in [0.29, 0.717) is 0 Å². The molecule has 0 spiro atoms. The molecule has 1 aromatic carbocycles. The molecule has 0 aliphatic heterocycles. The van der Waals surface area contributed by atoms with Crippen LogP contribution < -0.4 is 15.8 Å². The van der Waals surface area contributed by atoms with E-state index in [-0.39, 0.29) is 23.3 Å². The number of methoxy groups -OCH3 is 1. The Morgan fingerprint density at radius 2 is 1.89 bits per heavy atom. The van der Waals surface area contributed by atoms with Gasteiger partial charge in [0.2, 0.25) is 11.8 Å². The molecular weight excluding hydrogens is 261 g/mol. The summed E-state index contributed by atoms with van der Waals surface area (Å²) in [6.45, 7) is 0. The minimum absolute atomic E-state index is 0.0919. The van der Waals surface area contributed by atoms with E-state index >= 15 is 0 Å². The summed E-state index contributed by atoms with van der Waals surface area (Å²) in [6, 6.07) is 3.16. The lowest BCUT2D eigenvalue weighted by Gasteiger charge is -2.09. The molecule has 2 aromatic rings. The van der Waals surface area contributed by atoms with Crippen molar-refractivity contribution in [3.63, 3.8) is 0 Å². The summed E-state index contributed by atoms with van der Waals surface area (Å²) in [5.41, 5.74) is 5.13. The van der Waals surface area contributed by atoms with Gasteiger partial charge in [-0.05, 0) is 12.1 Å². The highest BCUT2D eigenvalue weighted by Gasteiger charge is 2.14. The lowest BCUT2D eigenvalue weighted by atomic mass is 10.3. The van der Waals surface area contributed by atoms with E-state index in [1.165, 1.54) is 13.2 Å². The van der Waals surface area contributed by atoms with Crippen molar-refractivity contribution < 1.29 is 17.9 Å². The van der Waals surface area contributed by atoms with Crippen LogP contribution in [0.2, 0.25) is 0 Å². The molecule has 0 saturated heterocycles. The second-order valence-corrected chi connectivity index (χ2v) is 3.50. The zero-order valence-electron chi connectivity index (χ0n) is 9.75. The highest BCUT2D eigenvalue weighted by molar-refractivity contribution is 5.58. The quantitative estimate of drug-likeness (QED) is 0.837. The third-order valence-electron chi connectivity index (χ3n) is 2.23. The van der Waals surface area contributed by atoms with Crippen molar-refractivity contribution in [2.24, 2.45) is 0 Å². The van der Waals surface area contributed by atoms with Crippen molar-refractivity contribution in [3.05, 3.63) is 35.7 Å². The van der Waals surface area contributed by atoms with Crippen LogP contribution in [-0.4, -0.2) is 17.1 Å². The summed E-state index contributed by atoms with van der Waals surface area (Å²) in [4.78, 5) is 7.49. The predicted octanol–water partition coefficient (Wildman–Crippen LogP) is 2.23. The molecule has 0 aliphatic rings. The van der Waals surface area contributed by atoms with Gasteiger partial charge < -0.3 is 15.8 Å². The Balaban J connectivity index is 2.36. The molecule has 0 bridgehead atoms. The van der Waals surface area contributed by atoms with Crippen molar-refractivity contribution in [1.82, 2.24) is 9.97 Å². The van der Waals surface area contributed by atoms with Crippen LogP contribution >= 0.6 is 0 Å². The van der Waals surface area contributed by atoms with Crippen LogP contribution in [0.25, 0.3) is 0 Å². The van der Waals surface area contributed by atoms with Crippen LogP contribution in [0.5, 0.6) is 5.88 Å². The molecule has 0 amide bonds. The van der Waals surface area contributed by atoms with E-state index in [4.69, 9.17) is 10.5 Å². The van der Waals surface area contributed by atoms with Crippen LogP contribution in [0.4, 0.5) is 30.6 Å². The molecule has 0 atom stereocenters. The Morgan fingerprint density at radius 3 is 2.58 bits per heavy atom. The summed E-state index contributed by atoms with van der Waals surface area (Å²) in [6.07, 6.45) is 0. The molecule has 0 aliphatic carbocycles. The highest BCUT2D eigenvalue weighted by Crippen LogP contribution is 2.24. The normalized spacial score (nSPS) is 10.3. The molecule has 0 fully saturated rings.